The molecular formula is C16H23ClN4O. The van der Waals surface area contributed by atoms with Crippen LogP contribution >= 0.6 is 12.4 Å². The van der Waals surface area contributed by atoms with E-state index in [4.69, 9.17) is 5.73 Å². The third-order valence-corrected chi connectivity index (χ3v) is 3.34. The summed E-state index contributed by atoms with van der Waals surface area (Å²) in [4.78, 5) is 11.9. The Morgan fingerprint density at radius 3 is 2.68 bits per heavy atom. The van der Waals surface area contributed by atoms with Crippen molar-refractivity contribution < 1.29 is 4.79 Å². The minimum Gasteiger partial charge on any atom is -0.356 e. The topological polar surface area (TPSA) is 72.9 Å². The van der Waals surface area contributed by atoms with Crippen LogP contribution in [0.3, 0.4) is 0 Å². The fourth-order valence-electron chi connectivity index (χ4n) is 2.17. The smallest absolute Gasteiger partial charge is 0.221 e. The number of hydrogen-bond donors (Lipinski definition) is 2. The lowest BCUT2D eigenvalue weighted by molar-refractivity contribution is -0.121. The number of nitrogens with zero attached hydrogens (tertiary/aromatic N) is 2. The first-order valence-electron chi connectivity index (χ1n) is 7.20. The number of carbonyl (C=O) groups is 1. The summed E-state index contributed by atoms with van der Waals surface area (Å²) in [5.74, 6) is 0.306. The molecule has 0 saturated heterocycles. The van der Waals surface area contributed by atoms with Gasteiger partial charge in [-0.2, -0.15) is 5.10 Å². The molecule has 0 fully saturated rings. The lowest BCUT2D eigenvalue weighted by Gasteiger charge is -2.15. The normalized spacial score (nSPS) is 13.0. The van der Waals surface area contributed by atoms with Gasteiger partial charge >= 0.3 is 0 Å². The maximum atomic E-state index is 11.9. The number of nitrogens with one attached hydrogen (secondary N) is 1. The number of nitrogens with two attached hydrogens (primary N) is 1. The van der Waals surface area contributed by atoms with Crippen LogP contribution in [0.2, 0.25) is 0 Å². The lowest BCUT2D eigenvalue weighted by Crippen LogP contribution is -2.32. The summed E-state index contributed by atoms with van der Waals surface area (Å²) in [5.41, 5.74) is 7.02. The molecule has 2 aromatic rings. The summed E-state index contributed by atoms with van der Waals surface area (Å²) in [7, 11) is 0. The van der Waals surface area contributed by atoms with Crippen LogP contribution in [0, 0.1) is 5.92 Å². The molecule has 22 heavy (non-hydrogen) atoms. The Hall–Kier alpha value is -1.85. The van der Waals surface area contributed by atoms with E-state index in [1.165, 1.54) is 0 Å². The number of carbonyl (C=O) groups excluding carboxylic acids is 1. The van der Waals surface area contributed by atoms with Crippen LogP contribution in [0.4, 0.5) is 0 Å². The molecule has 6 heteroatoms. The molecule has 2 rings (SSSR count). The van der Waals surface area contributed by atoms with Gasteiger partial charge < -0.3 is 11.1 Å². The highest BCUT2D eigenvalue weighted by molar-refractivity contribution is 5.85. The molecule has 0 spiro atoms. The van der Waals surface area contributed by atoms with Gasteiger partial charge in [-0.1, -0.05) is 37.3 Å². The summed E-state index contributed by atoms with van der Waals surface area (Å²) in [6.07, 6.45) is 3.98. The van der Waals surface area contributed by atoms with Gasteiger partial charge in [0, 0.05) is 37.9 Å². The van der Waals surface area contributed by atoms with Crippen LogP contribution in [-0.4, -0.2) is 22.2 Å². The first kappa shape index (κ1) is 18.2. The Labute approximate surface area is 137 Å². The van der Waals surface area contributed by atoms with Gasteiger partial charge in [-0.15, -0.1) is 12.4 Å². The van der Waals surface area contributed by atoms with Crippen LogP contribution in [0.25, 0.3) is 0 Å². The second kappa shape index (κ2) is 9.23. The van der Waals surface area contributed by atoms with E-state index < -0.39 is 0 Å². The average molecular weight is 323 g/mol. The Balaban J connectivity index is 0.00000242. The zero-order chi connectivity index (χ0) is 15.1. The molecule has 1 aromatic heterocycles. The third kappa shape index (κ3) is 5.87. The zero-order valence-corrected chi connectivity index (χ0v) is 13.5. The molecule has 0 radical (unpaired) electrons. The van der Waals surface area contributed by atoms with E-state index in [2.05, 4.69) is 17.3 Å². The summed E-state index contributed by atoms with van der Waals surface area (Å²) >= 11 is 0. The largest absolute Gasteiger partial charge is 0.356 e. The van der Waals surface area contributed by atoms with Crippen LogP contribution < -0.4 is 11.1 Å². The quantitative estimate of drug-likeness (QED) is 0.820. The first-order valence-corrected chi connectivity index (χ1v) is 7.20. The van der Waals surface area contributed by atoms with E-state index in [0.717, 1.165) is 12.1 Å². The zero-order valence-electron chi connectivity index (χ0n) is 12.7. The lowest BCUT2D eigenvalue weighted by atomic mass is 10.0. The summed E-state index contributed by atoms with van der Waals surface area (Å²) in [6, 6.07) is 11.3. The van der Waals surface area contributed by atoms with Crippen molar-refractivity contribution in [1.29, 1.82) is 0 Å². The fourth-order valence-corrected chi connectivity index (χ4v) is 2.17. The second-order valence-electron chi connectivity index (χ2n) is 5.36. The molecule has 1 heterocycles. The fraction of sp³-hybridized carbons (Fsp3) is 0.375. The summed E-state index contributed by atoms with van der Waals surface area (Å²) in [6.45, 7) is 3.50. The van der Waals surface area contributed by atoms with Crippen molar-refractivity contribution in [2.75, 3.05) is 6.54 Å². The van der Waals surface area contributed by atoms with Crippen molar-refractivity contribution in [3.8, 4) is 0 Å². The number of benzene rings is 1. The van der Waals surface area contributed by atoms with Crippen molar-refractivity contribution in [3.63, 3.8) is 0 Å². The third-order valence-electron chi connectivity index (χ3n) is 3.34. The van der Waals surface area contributed by atoms with E-state index in [1.54, 1.807) is 6.20 Å². The molecule has 2 unspecified atom stereocenters. The molecule has 120 valence electrons. The highest BCUT2D eigenvalue weighted by Gasteiger charge is 2.12. The van der Waals surface area contributed by atoms with E-state index in [-0.39, 0.29) is 24.4 Å². The van der Waals surface area contributed by atoms with E-state index in [1.807, 2.05) is 47.3 Å². The SMILES string of the molecule is CC(CNC(=O)CC(N)c1ccccc1)Cn1cccn1.Cl. The number of halogens is 1. The van der Waals surface area contributed by atoms with Gasteiger partial charge in [0.25, 0.3) is 0 Å². The second-order valence-corrected chi connectivity index (χ2v) is 5.36. The van der Waals surface area contributed by atoms with Crippen molar-refractivity contribution in [2.24, 2.45) is 11.7 Å². The minimum absolute atomic E-state index is 0. The van der Waals surface area contributed by atoms with Gasteiger partial charge in [0.15, 0.2) is 0 Å². The van der Waals surface area contributed by atoms with Crippen LogP contribution in [0.1, 0.15) is 24.9 Å². The van der Waals surface area contributed by atoms with Gasteiger partial charge in [-0.25, -0.2) is 0 Å². The van der Waals surface area contributed by atoms with Crippen molar-refractivity contribution in [3.05, 3.63) is 54.4 Å². The van der Waals surface area contributed by atoms with Gasteiger partial charge in [0.2, 0.25) is 5.91 Å². The average Bonchev–Trinajstić information content (AvgIpc) is 2.99. The number of hydrogen-bond acceptors (Lipinski definition) is 3. The monoisotopic (exact) mass is 322 g/mol. The molecule has 1 aromatic carbocycles. The molecule has 0 aliphatic carbocycles. The van der Waals surface area contributed by atoms with Gasteiger partial charge in [-0.3, -0.25) is 9.48 Å². The minimum atomic E-state index is -0.257. The van der Waals surface area contributed by atoms with Crippen LogP contribution in [-0.2, 0) is 11.3 Å². The number of aromatic nitrogens is 2. The number of amides is 1. The number of rotatable bonds is 7. The van der Waals surface area contributed by atoms with Crippen LogP contribution in [0.15, 0.2) is 48.8 Å². The molecule has 3 N–H and O–H groups in total. The standard InChI is InChI=1S/C16H22N4O.ClH/c1-13(12-20-9-5-8-19-20)11-18-16(21)10-15(17)14-6-3-2-4-7-14;/h2-9,13,15H,10-12,17H2,1H3,(H,18,21);1H. The molecule has 0 saturated carbocycles. The van der Waals surface area contributed by atoms with E-state index >= 15 is 0 Å². The van der Waals surface area contributed by atoms with Crippen molar-refractivity contribution in [1.82, 2.24) is 15.1 Å². The van der Waals surface area contributed by atoms with Crippen molar-refractivity contribution >= 4 is 18.3 Å². The van der Waals surface area contributed by atoms with E-state index in [9.17, 15) is 4.79 Å². The molecule has 0 aliphatic heterocycles. The Kier molecular flexibility index (Phi) is 7.63. The van der Waals surface area contributed by atoms with Gasteiger partial charge in [0.05, 0.1) is 0 Å². The summed E-state index contributed by atoms with van der Waals surface area (Å²) in [5, 5.41) is 7.09. The van der Waals surface area contributed by atoms with Gasteiger partial charge in [0.1, 0.15) is 0 Å². The first-order chi connectivity index (χ1) is 10.1. The van der Waals surface area contributed by atoms with E-state index in [0.29, 0.717) is 18.9 Å². The Morgan fingerprint density at radius 1 is 1.32 bits per heavy atom. The predicted octanol–water partition coefficient (Wildman–Crippen LogP) is 2.15. The highest BCUT2D eigenvalue weighted by atomic mass is 35.5. The molecule has 2 atom stereocenters. The maximum absolute atomic E-state index is 11.9. The Morgan fingerprint density at radius 2 is 2.05 bits per heavy atom. The molecular weight excluding hydrogens is 300 g/mol. The van der Waals surface area contributed by atoms with Crippen LogP contribution in [0.5, 0.6) is 0 Å². The van der Waals surface area contributed by atoms with Crippen molar-refractivity contribution in [2.45, 2.75) is 25.9 Å². The molecule has 5 nitrogen and oxygen atoms in total. The molecule has 0 bridgehead atoms. The van der Waals surface area contributed by atoms with Gasteiger partial charge in [-0.05, 0) is 17.5 Å². The maximum Gasteiger partial charge on any atom is 0.221 e. The Bertz CT molecular complexity index is 545. The molecule has 1 amide bonds. The predicted molar refractivity (Wildman–Crippen MR) is 89.6 cm³/mol. The summed E-state index contributed by atoms with van der Waals surface area (Å²) < 4.78 is 1.87. The highest BCUT2D eigenvalue weighted by Crippen LogP contribution is 2.12. The molecule has 0 aliphatic rings.